The number of aryl methyl sites for hydroxylation is 1. The highest BCUT2D eigenvalue weighted by atomic mass is 14.8. The minimum atomic E-state index is -0.0861. The molecule has 0 aliphatic heterocycles. The fourth-order valence-electron chi connectivity index (χ4n) is 2.72. The molecule has 1 aromatic carbocycles. The van der Waals surface area contributed by atoms with Crippen LogP contribution in [0.4, 0.5) is 0 Å². The van der Waals surface area contributed by atoms with E-state index in [4.69, 9.17) is 5.73 Å². The molecule has 2 rings (SSSR count). The summed E-state index contributed by atoms with van der Waals surface area (Å²) in [6.07, 6.45) is 3.45. The lowest BCUT2D eigenvalue weighted by Crippen LogP contribution is -2.34. The van der Waals surface area contributed by atoms with Gasteiger partial charge in [0.05, 0.1) is 0 Å². The van der Waals surface area contributed by atoms with Crippen molar-refractivity contribution in [2.45, 2.75) is 45.6 Å². The van der Waals surface area contributed by atoms with Crippen LogP contribution in [0.25, 0.3) is 0 Å². The van der Waals surface area contributed by atoms with Gasteiger partial charge in [-0.3, -0.25) is 0 Å². The van der Waals surface area contributed by atoms with Crippen molar-refractivity contribution < 1.29 is 0 Å². The summed E-state index contributed by atoms with van der Waals surface area (Å²) >= 11 is 0. The summed E-state index contributed by atoms with van der Waals surface area (Å²) in [4.78, 5) is 0. The van der Waals surface area contributed by atoms with Gasteiger partial charge < -0.3 is 5.73 Å². The van der Waals surface area contributed by atoms with Crippen molar-refractivity contribution in [1.82, 2.24) is 0 Å². The van der Waals surface area contributed by atoms with Gasteiger partial charge in [0.15, 0.2) is 0 Å². The molecule has 1 aliphatic carbocycles. The van der Waals surface area contributed by atoms with E-state index in [-0.39, 0.29) is 5.54 Å². The Kier molecular flexibility index (Phi) is 2.38. The zero-order valence-corrected chi connectivity index (χ0v) is 10.0. The van der Waals surface area contributed by atoms with Crippen molar-refractivity contribution >= 4 is 0 Å². The minimum Gasteiger partial charge on any atom is -0.321 e. The molecule has 0 saturated heterocycles. The molecule has 0 spiro atoms. The molecule has 0 amide bonds. The lowest BCUT2D eigenvalue weighted by Gasteiger charge is -2.27. The number of nitrogens with two attached hydrogens (primary N) is 1. The zero-order chi connectivity index (χ0) is 11.1. The van der Waals surface area contributed by atoms with Gasteiger partial charge >= 0.3 is 0 Å². The summed E-state index contributed by atoms with van der Waals surface area (Å²) in [5, 5.41) is 0. The van der Waals surface area contributed by atoms with Gasteiger partial charge in [-0.2, -0.15) is 0 Å². The van der Waals surface area contributed by atoms with Crippen LogP contribution in [-0.4, -0.2) is 0 Å². The first-order valence-corrected chi connectivity index (χ1v) is 5.77. The van der Waals surface area contributed by atoms with Crippen molar-refractivity contribution in [3.05, 3.63) is 35.4 Å². The highest BCUT2D eigenvalue weighted by molar-refractivity contribution is 5.29. The van der Waals surface area contributed by atoms with E-state index < -0.39 is 0 Å². The summed E-state index contributed by atoms with van der Waals surface area (Å²) in [7, 11) is 0. The molecule has 15 heavy (non-hydrogen) atoms. The molecule has 1 aliphatic rings. The van der Waals surface area contributed by atoms with E-state index >= 15 is 0 Å². The predicted octanol–water partition coefficient (Wildman–Crippen LogP) is 3.36. The largest absolute Gasteiger partial charge is 0.321 e. The van der Waals surface area contributed by atoms with Crippen LogP contribution in [0.3, 0.4) is 0 Å². The molecule has 0 aromatic heterocycles. The van der Waals surface area contributed by atoms with E-state index in [1.807, 2.05) is 0 Å². The number of rotatable bonds is 1. The molecule has 82 valence electrons. The Morgan fingerprint density at radius 3 is 2.13 bits per heavy atom. The first-order valence-electron chi connectivity index (χ1n) is 5.77. The Morgan fingerprint density at radius 1 is 1.07 bits per heavy atom. The van der Waals surface area contributed by atoms with E-state index in [0.717, 1.165) is 12.8 Å². The molecular formula is C14H21N. The molecular weight excluding hydrogens is 182 g/mol. The third-order valence-corrected chi connectivity index (χ3v) is 3.67. The Bertz CT molecular complexity index is 350. The molecule has 0 heterocycles. The van der Waals surface area contributed by atoms with Crippen LogP contribution in [0.15, 0.2) is 24.3 Å². The van der Waals surface area contributed by atoms with Crippen molar-refractivity contribution in [2.24, 2.45) is 11.1 Å². The normalized spacial score (nSPS) is 29.3. The van der Waals surface area contributed by atoms with Crippen molar-refractivity contribution in [3.8, 4) is 0 Å². The second-order valence-corrected chi connectivity index (χ2v) is 5.86. The second kappa shape index (κ2) is 3.34. The Balaban J connectivity index is 2.27. The third-order valence-electron chi connectivity index (χ3n) is 3.67. The standard InChI is InChI=1S/C14H21N/c1-11-4-6-12(7-5-11)14(15)9-8-13(2,3)10-14/h4-7H,8-10,15H2,1-3H3. The lowest BCUT2D eigenvalue weighted by atomic mass is 9.84. The van der Waals surface area contributed by atoms with Crippen LogP contribution >= 0.6 is 0 Å². The van der Waals surface area contributed by atoms with Gasteiger partial charge in [-0.25, -0.2) is 0 Å². The van der Waals surface area contributed by atoms with E-state index in [1.165, 1.54) is 17.5 Å². The van der Waals surface area contributed by atoms with E-state index in [1.54, 1.807) is 0 Å². The molecule has 1 saturated carbocycles. The van der Waals surface area contributed by atoms with Crippen molar-refractivity contribution in [2.75, 3.05) is 0 Å². The van der Waals surface area contributed by atoms with Gasteiger partial charge in [-0.1, -0.05) is 43.7 Å². The molecule has 0 radical (unpaired) electrons. The van der Waals surface area contributed by atoms with Gasteiger partial charge in [0.2, 0.25) is 0 Å². The molecule has 1 nitrogen and oxygen atoms in total. The monoisotopic (exact) mass is 203 g/mol. The Morgan fingerprint density at radius 2 is 1.67 bits per heavy atom. The summed E-state index contributed by atoms with van der Waals surface area (Å²) in [5.41, 5.74) is 9.43. The fraction of sp³-hybridized carbons (Fsp3) is 0.571. The molecule has 1 atom stereocenters. The van der Waals surface area contributed by atoms with Crippen LogP contribution in [-0.2, 0) is 5.54 Å². The lowest BCUT2D eigenvalue weighted by molar-refractivity contribution is 0.339. The van der Waals surface area contributed by atoms with E-state index in [2.05, 4.69) is 45.0 Å². The van der Waals surface area contributed by atoms with Gasteiger partial charge in [0.1, 0.15) is 0 Å². The highest BCUT2D eigenvalue weighted by Gasteiger charge is 2.41. The number of hydrogen-bond donors (Lipinski definition) is 1. The van der Waals surface area contributed by atoms with Crippen molar-refractivity contribution in [3.63, 3.8) is 0 Å². The molecule has 1 unspecified atom stereocenters. The summed E-state index contributed by atoms with van der Waals surface area (Å²) < 4.78 is 0. The number of hydrogen-bond acceptors (Lipinski definition) is 1. The quantitative estimate of drug-likeness (QED) is 0.744. The van der Waals surface area contributed by atoms with Crippen molar-refractivity contribution in [1.29, 1.82) is 0 Å². The summed E-state index contributed by atoms with van der Waals surface area (Å²) in [5.74, 6) is 0. The van der Waals surface area contributed by atoms with Crippen LogP contribution < -0.4 is 5.73 Å². The van der Waals surface area contributed by atoms with Gasteiger partial charge in [-0.05, 0) is 37.2 Å². The zero-order valence-electron chi connectivity index (χ0n) is 10.0. The molecule has 1 fully saturated rings. The SMILES string of the molecule is Cc1ccc(C2(N)CCC(C)(C)C2)cc1. The molecule has 1 heteroatoms. The van der Waals surface area contributed by atoms with Crippen LogP contribution in [0.5, 0.6) is 0 Å². The molecule has 2 N–H and O–H groups in total. The average Bonchev–Trinajstić information content (AvgIpc) is 2.43. The first kappa shape index (κ1) is 10.7. The maximum absolute atomic E-state index is 6.51. The second-order valence-electron chi connectivity index (χ2n) is 5.86. The smallest absolute Gasteiger partial charge is 0.0414 e. The average molecular weight is 203 g/mol. The molecule has 1 aromatic rings. The summed E-state index contributed by atoms with van der Waals surface area (Å²) in [6.45, 7) is 6.75. The highest BCUT2D eigenvalue weighted by Crippen LogP contribution is 2.47. The Hall–Kier alpha value is -0.820. The van der Waals surface area contributed by atoms with Gasteiger partial charge in [0.25, 0.3) is 0 Å². The minimum absolute atomic E-state index is 0.0861. The van der Waals surface area contributed by atoms with Crippen LogP contribution in [0.1, 0.15) is 44.2 Å². The van der Waals surface area contributed by atoms with E-state index in [0.29, 0.717) is 5.41 Å². The van der Waals surface area contributed by atoms with E-state index in [9.17, 15) is 0 Å². The predicted molar refractivity (Wildman–Crippen MR) is 64.7 cm³/mol. The third kappa shape index (κ3) is 2.07. The molecule has 0 bridgehead atoms. The van der Waals surface area contributed by atoms with Crippen LogP contribution in [0, 0.1) is 12.3 Å². The Labute approximate surface area is 92.7 Å². The summed E-state index contributed by atoms with van der Waals surface area (Å²) in [6, 6.07) is 8.71. The first-order chi connectivity index (χ1) is 6.91. The van der Waals surface area contributed by atoms with Gasteiger partial charge in [-0.15, -0.1) is 0 Å². The fourth-order valence-corrected chi connectivity index (χ4v) is 2.72. The van der Waals surface area contributed by atoms with Crippen LogP contribution in [0.2, 0.25) is 0 Å². The topological polar surface area (TPSA) is 26.0 Å². The maximum Gasteiger partial charge on any atom is 0.0414 e. The maximum atomic E-state index is 6.51. The number of benzene rings is 1. The van der Waals surface area contributed by atoms with Gasteiger partial charge in [0, 0.05) is 5.54 Å².